The predicted molar refractivity (Wildman–Crippen MR) is 82.2 cm³/mol. The summed E-state index contributed by atoms with van der Waals surface area (Å²) in [6.45, 7) is 7.30. The zero-order valence-corrected chi connectivity index (χ0v) is 11.8. The number of hydrogen-bond donors (Lipinski definition) is 2. The lowest BCUT2D eigenvalue weighted by atomic mass is 10.1. The molecule has 0 atom stereocenters. The third-order valence-corrected chi connectivity index (χ3v) is 2.95. The first-order valence-electron chi connectivity index (χ1n) is 6.74. The smallest absolute Gasteiger partial charge is 0.132 e. The van der Waals surface area contributed by atoms with Crippen LogP contribution < -0.4 is 10.6 Å². The SMILES string of the molecule is CCCNc1cccc(Nc2ccc(C)cc2C)n1. The fraction of sp³-hybridized carbons (Fsp3) is 0.312. The maximum Gasteiger partial charge on any atom is 0.132 e. The van der Waals surface area contributed by atoms with Crippen molar-refractivity contribution in [1.29, 1.82) is 0 Å². The van der Waals surface area contributed by atoms with Gasteiger partial charge in [-0.1, -0.05) is 30.7 Å². The van der Waals surface area contributed by atoms with Crippen LogP contribution in [-0.4, -0.2) is 11.5 Å². The second-order valence-corrected chi connectivity index (χ2v) is 4.78. The van der Waals surface area contributed by atoms with Gasteiger partial charge in [-0.05, 0) is 44.0 Å². The second kappa shape index (κ2) is 6.23. The molecule has 2 rings (SSSR count). The van der Waals surface area contributed by atoms with Gasteiger partial charge in [0.1, 0.15) is 11.6 Å². The summed E-state index contributed by atoms with van der Waals surface area (Å²) in [5.41, 5.74) is 3.61. The van der Waals surface area contributed by atoms with Gasteiger partial charge >= 0.3 is 0 Å². The van der Waals surface area contributed by atoms with Gasteiger partial charge in [-0.25, -0.2) is 4.98 Å². The molecule has 2 N–H and O–H groups in total. The van der Waals surface area contributed by atoms with E-state index in [1.807, 2.05) is 18.2 Å². The van der Waals surface area contributed by atoms with E-state index in [-0.39, 0.29) is 0 Å². The third-order valence-electron chi connectivity index (χ3n) is 2.95. The maximum absolute atomic E-state index is 4.55. The average molecular weight is 255 g/mol. The zero-order chi connectivity index (χ0) is 13.7. The molecule has 0 radical (unpaired) electrons. The third kappa shape index (κ3) is 3.71. The van der Waals surface area contributed by atoms with Crippen molar-refractivity contribution in [3.63, 3.8) is 0 Å². The fourth-order valence-corrected chi connectivity index (χ4v) is 1.95. The largest absolute Gasteiger partial charge is 0.370 e. The van der Waals surface area contributed by atoms with E-state index in [2.05, 4.69) is 54.6 Å². The Balaban J connectivity index is 2.14. The summed E-state index contributed by atoms with van der Waals surface area (Å²) in [6.07, 6.45) is 1.09. The van der Waals surface area contributed by atoms with E-state index in [1.54, 1.807) is 0 Å². The molecule has 2 aromatic rings. The molecule has 0 saturated heterocycles. The number of aryl methyl sites for hydroxylation is 2. The molecular formula is C16H21N3. The summed E-state index contributed by atoms with van der Waals surface area (Å²) in [5.74, 6) is 1.78. The van der Waals surface area contributed by atoms with E-state index in [0.717, 1.165) is 30.3 Å². The van der Waals surface area contributed by atoms with Crippen LogP contribution in [0.3, 0.4) is 0 Å². The Morgan fingerprint density at radius 2 is 1.84 bits per heavy atom. The molecule has 100 valence electrons. The normalized spacial score (nSPS) is 10.3. The van der Waals surface area contributed by atoms with Gasteiger partial charge in [0, 0.05) is 12.2 Å². The van der Waals surface area contributed by atoms with Gasteiger partial charge in [-0.3, -0.25) is 0 Å². The Bertz CT molecular complexity index is 549. The monoisotopic (exact) mass is 255 g/mol. The van der Waals surface area contributed by atoms with E-state index in [4.69, 9.17) is 0 Å². The van der Waals surface area contributed by atoms with Crippen molar-refractivity contribution in [2.45, 2.75) is 27.2 Å². The molecule has 1 aromatic carbocycles. The number of benzene rings is 1. The van der Waals surface area contributed by atoms with Crippen molar-refractivity contribution in [2.75, 3.05) is 17.2 Å². The summed E-state index contributed by atoms with van der Waals surface area (Å²) >= 11 is 0. The summed E-state index contributed by atoms with van der Waals surface area (Å²) in [6, 6.07) is 12.4. The zero-order valence-electron chi connectivity index (χ0n) is 11.8. The van der Waals surface area contributed by atoms with Gasteiger partial charge in [0.2, 0.25) is 0 Å². The summed E-state index contributed by atoms with van der Waals surface area (Å²) < 4.78 is 0. The Kier molecular flexibility index (Phi) is 4.39. The van der Waals surface area contributed by atoms with Crippen molar-refractivity contribution < 1.29 is 0 Å². The number of nitrogens with zero attached hydrogens (tertiary/aromatic N) is 1. The number of nitrogens with one attached hydrogen (secondary N) is 2. The molecule has 0 spiro atoms. The molecule has 0 saturated carbocycles. The van der Waals surface area contributed by atoms with Crippen LogP contribution >= 0.6 is 0 Å². The van der Waals surface area contributed by atoms with Gasteiger partial charge in [0.05, 0.1) is 0 Å². The fourth-order valence-electron chi connectivity index (χ4n) is 1.95. The minimum absolute atomic E-state index is 0.869. The predicted octanol–water partition coefficient (Wildman–Crippen LogP) is 4.26. The molecule has 3 nitrogen and oxygen atoms in total. The summed E-state index contributed by atoms with van der Waals surface area (Å²) in [7, 11) is 0. The quantitative estimate of drug-likeness (QED) is 0.838. The van der Waals surface area contributed by atoms with Crippen LogP contribution in [0.5, 0.6) is 0 Å². The van der Waals surface area contributed by atoms with Crippen molar-refractivity contribution in [3.05, 3.63) is 47.5 Å². The maximum atomic E-state index is 4.55. The molecule has 0 aliphatic rings. The highest BCUT2D eigenvalue weighted by Gasteiger charge is 2.01. The van der Waals surface area contributed by atoms with Crippen LogP contribution in [-0.2, 0) is 0 Å². The molecule has 0 aliphatic heterocycles. The highest BCUT2D eigenvalue weighted by atomic mass is 15.1. The minimum atomic E-state index is 0.869. The van der Waals surface area contributed by atoms with Gasteiger partial charge < -0.3 is 10.6 Å². The van der Waals surface area contributed by atoms with Crippen LogP contribution in [0.2, 0.25) is 0 Å². The molecule has 0 amide bonds. The molecule has 0 fully saturated rings. The van der Waals surface area contributed by atoms with Crippen LogP contribution in [0.1, 0.15) is 24.5 Å². The molecule has 0 aliphatic carbocycles. The average Bonchev–Trinajstić information content (AvgIpc) is 2.40. The number of aromatic nitrogens is 1. The Labute approximate surface area is 115 Å². The molecule has 1 heterocycles. The first-order valence-corrected chi connectivity index (χ1v) is 6.74. The van der Waals surface area contributed by atoms with E-state index in [0.29, 0.717) is 0 Å². The Morgan fingerprint density at radius 3 is 2.58 bits per heavy atom. The number of pyridine rings is 1. The first kappa shape index (κ1) is 13.4. The molecular weight excluding hydrogens is 234 g/mol. The van der Waals surface area contributed by atoms with E-state index < -0.39 is 0 Å². The molecule has 0 unspecified atom stereocenters. The lowest BCUT2D eigenvalue weighted by molar-refractivity contribution is 0.970. The summed E-state index contributed by atoms with van der Waals surface area (Å²) in [4.78, 5) is 4.55. The van der Waals surface area contributed by atoms with Crippen LogP contribution in [0.25, 0.3) is 0 Å². The van der Waals surface area contributed by atoms with Crippen molar-refractivity contribution in [1.82, 2.24) is 4.98 Å². The molecule has 3 heteroatoms. The van der Waals surface area contributed by atoms with Crippen LogP contribution in [0.4, 0.5) is 17.3 Å². The Morgan fingerprint density at radius 1 is 1.05 bits per heavy atom. The van der Waals surface area contributed by atoms with Crippen molar-refractivity contribution >= 4 is 17.3 Å². The number of hydrogen-bond acceptors (Lipinski definition) is 3. The van der Waals surface area contributed by atoms with Crippen molar-refractivity contribution in [3.8, 4) is 0 Å². The lowest BCUT2D eigenvalue weighted by Crippen LogP contribution is -2.03. The first-order chi connectivity index (χ1) is 9.19. The van der Waals surface area contributed by atoms with E-state index in [1.165, 1.54) is 11.1 Å². The highest BCUT2D eigenvalue weighted by Crippen LogP contribution is 2.21. The van der Waals surface area contributed by atoms with Gasteiger partial charge in [0.25, 0.3) is 0 Å². The standard InChI is InChI=1S/C16H21N3/c1-4-10-17-15-6-5-7-16(19-15)18-14-9-8-12(2)11-13(14)3/h5-9,11H,4,10H2,1-3H3,(H2,17,18,19). The number of anilines is 3. The second-order valence-electron chi connectivity index (χ2n) is 4.78. The van der Waals surface area contributed by atoms with Gasteiger partial charge in [0.15, 0.2) is 0 Å². The van der Waals surface area contributed by atoms with Gasteiger partial charge in [-0.15, -0.1) is 0 Å². The van der Waals surface area contributed by atoms with Crippen LogP contribution in [0, 0.1) is 13.8 Å². The van der Waals surface area contributed by atoms with Crippen molar-refractivity contribution in [2.24, 2.45) is 0 Å². The summed E-state index contributed by atoms with van der Waals surface area (Å²) in [5, 5.41) is 6.66. The lowest BCUT2D eigenvalue weighted by Gasteiger charge is -2.11. The molecule has 0 bridgehead atoms. The van der Waals surface area contributed by atoms with E-state index in [9.17, 15) is 0 Å². The van der Waals surface area contributed by atoms with Gasteiger partial charge in [-0.2, -0.15) is 0 Å². The minimum Gasteiger partial charge on any atom is -0.370 e. The Hall–Kier alpha value is -2.03. The highest BCUT2D eigenvalue weighted by molar-refractivity contribution is 5.62. The molecule has 1 aromatic heterocycles. The van der Waals surface area contributed by atoms with Crippen LogP contribution in [0.15, 0.2) is 36.4 Å². The molecule has 19 heavy (non-hydrogen) atoms. The number of rotatable bonds is 5. The van der Waals surface area contributed by atoms with E-state index >= 15 is 0 Å². The topological polar surface area (TPSA) is 37.0 Å².